The van der Waals surface area contributed by atoms with Crippen molar-refractivity contribution >= 4 is 11.9 Å². The van der Waals surface area contributed by atoms with Crippen molar-refractivity contribution in [2.45, 2.75) is 25.8 Å². The van der Waals surface area contributed by atoms with Gasteiger partial charge < -0.3 is 11.1 Å². The highest BCUT2D eigenvalue weighted by Crippen LogP contribution is 2.24. The van der Waals surface area contributed by atoms with Crippen molar-refractivity contribution < 1.29 is 0 Å². The largest absolute Gasteiger partial charge is 0.368 e. The van der Waals surface area contributed by atoms with Crippen LogP contribution in [0, 0.1) is 6.92 Å². The van der Waals surface area contributed by atoms with Crippen LogP contribution in [0.2, 0.25) is 0 Å². The number of nitrogens with two attached hydrogens (primary N) is 1. The number of hydrogen-bond acceptors (Lipinski definition) is 4. The molecule has 2 aromatic rings. The van der Waals surface area contributed by atoms with Gasteiger partial charge in [0.15, 0.2) is 0 Å². The average Bonchev–Trinajstić information content (AvgIpc) is 3.03. The first kappa shape index (κ1) is 10.1. The maximum atomic E-state index is 5.89. The number of aryl methyl sites for hydroxylation is 1. The maximum Gasteiger partial charge on any atom is 0.244 e. The zero-order valence-corrected chi connectivity index (χ0v) is 9.72. The zero-order valence-electron chi connectivity index (χ0n) is 9.72. The van der Waals surface area contributed by atoms with E-state index in [-0.39, 0.29) is 0 Å². The monoisotopic (exact) mass is 229 g/mol. The van der Waals surface area contributed by atoms with Crippen LogP contribution >= 0.6 is 0 Å². The number of anilines is 2. The highest BCUT2D eigenvalue weighted by Gasteiger charge is 2.23. The van der Waals surface area contributed by atoms with E-state index in [2.05, 4.69) is 15.4 Å². The van der Waals surface area contributed by atoms with Gasteiger partial charge >= 0.3 is 0 Å². The third kappa shape index (κ3) is 1.95. The van der Waals surface area contributed by atoms with Gasteiger partial charge in [-0.2, -0.15) is 9.67 Å². The van der Waals surface area contributed by atoms with Gasteiger partial charge in [0, 0.05) is 6.04 Å². The number of benzene rings is 1. The summed E-state index contributed by atoms with van der Waals surface area (Å²) in [5.41, 5.74) is 7.99. The van der Waals surface area contributed by atoms with Gasteiger partial charge in [0.2, 0.25) is 11.9 Å². The van der Waals surface area contributed by atoms with Crippen molar-refractivity contribution in [1.29, 1.82) is 0 Å². The van der Waals surface area contributed by atoms with Gasteiger partial charge in [0.05, 0.1) is 5.69 Å². The third-order valence-electron chi connectivity index (χ3n) is 2.89. The van der Waals surface area contributed by atoms with Crippen molar-refractivity contribution in [2.75, 3.05) is 11.1 Å². The lowest BCUT2D eigenvalue weighted by molar-refractivity contribution is 0.879. The predicted octanol–water partition coefficient (Wildman–Crippen LogP) is 1.73. The zero-order chi connectivity index (χ0) is 11.8. The number of para-hydroxylation sites is 1. The SMILES string of the molecule is Cc1ccccc1-n1nc(NC2CC2)nc1N. The van der Waals surface area contributed by atoms with Crippen LogP contribution in [0.4, 0.5) is 11.9 Å². The van der Waals surface area contributed by atoms with Gasteiger partial charge in [0.25, 0.3) is 0 Å². The Hall–Kier alpha value is -2.04. The van der Waals surface area contributed by atoms with Crippen LogP contribution < -0.4 is 11.1 Å². The van der Waals surface area contributed by atoms with E-state index in [1.54, 1.807) is 4.68 Å². The number of hydrogen-bond donors (Lipinski definition) is 2. The van der Waals surface area contributed by atoms with E-state index >= 15 is 0 Å². The maximum absolute atomic E-state index is 5.89. The Morgan fingerprint density at radius 3 is 2.82 bits per heavy atom. The molecule has 0 amide bonds. The van der Waals surface area contributed by atoms with Crippen LogP contribution in [0.25, 0.3) is 5.69 Å². The fraction of sp³-hybridized carbons (Fsp3) is 0.333. The summed E-state index contributed by atoms with van der Waals surface area (Å²) in [5.74, 6) is 1.04. The summed E-state index contributed by atoms with van der Waals surface area (Å²) >= 11 is 0. The first-order valence-corrected chi connectivity index (χ1v) is 5.79. The smallest absolute Gasteiger partial charge is 0.244 e. The van der Waals surface area contributed by atoms with Crippen LogP contribution in [-0.2, 0) is 0 Å². The lowest BCUT2D eigenvalue weighted by atomic mass is 10.2. The molecule has 1 aliphatic carbocycles. The highest BCUT2D eigenvalue weighted by atomic mass is 15.4. The second kappa shape index (κ2) is 3.76. The normalized spacial score (nSPS) is 14.9. The summed E-state index contributed by atoms with van der Waals surface area (Å²) in [6, 6.07) is 8.51. The van der Waals surface area contributed by atoms with Crippen molar-refractivity contribution in [3.8, 4) is 5.69 Å². The molecule has 1 aliphatic rings. The standard InChI is InChI=1S/C12H15N5/c1-8-4-2-3-5-10(8)17-11(13)15-12(16-17)14-9-6-7-9/h2-5,9H,6-7H2,1H3,(H3,13,14,15,16). The first-order chi connectivity index (χ1) is 8.24. The Labute approximate surface area is 99.7 Å². The molecule has 3 rings (SSSR count). The molecule has 1 saturated carbocycles. The van der Waals surface area contributed by atoms with E-state index in [1.807, 2.05) is 31.2 Å². The second-order valence-electron chi connectivity index (χ2n) is 4.41. The first-order valence-electron chi connectivity index (χ1n) is 5.79. The Bertz CT molecular complexity index is 542. The van der Waals surface area contributed by atoms with Crippen molar-refractivity contribution in [3.05, 3.63) is 29.8 Å². The molecule has 0 bridgehead atoms. The molecule has 0 radical (unpaired) electrons. The number of aromatic nitrogens is 3. The number of nitrogen functional groups attached to an aromatic ring is 1. The molecule has 17 heavy (non-hydrogen) atoms. The van der Waals surface area contributed by atoms with Gasteiger partial charge in [0.1, 0.15) is 0 Å². The quantitative estimate of drug-likeness (QED) is 0.841. The molecule has 1 fully saturated rings. The second-order valence-corrected chi connectivity index (χ2v) is 4.41. The van der Waals surface area contributed by atoms with E-state index in [0.717, 1.165) is 11.3 Å². The van der Waals surface area contributed by atoms with E-state index in [1.165, 1.54) is 12.8 Å². The molecular formula is C12H15N5. The lowest BCUT2D eigenvalue weighted by Crippen LogP contribution is -2.05. The Kier molecular flexibility index (Phi) is 2.24. The fourth-order valence-corrected chi connectivity index (χ4v) is 1.77. The average molecular weight is 229 g/mol. The minimum absolute atomic E-state index is 0.419. The molecule has 0 saturated heterocycles. The van der Waals surface area contributed by atoms with E-state index in [9.17, 15) is 0 Å². The molecule has 1 aromatic carbocycles. The van der Waals surface area contributed by atoms with Gasteiger partial charge in [-0.05, 0) is 31.4 Å². The molecule has 5 heteroatoms. The van der Waals surface area contributed by atoms with Crippen molar-refractivity contribution in [2.24, 2.45) is 0 Å². The molecule has 1 heterocycles. The Morgan fingerprint density at radius 2 is 2.12 bits per heavy atom. The molecule has 5 nitrogen and oxygen atoms in total. The molecule has 0 aliphatic heterocycles. The Morgan fingerprint density at radius 1 is 1.35 bits per heavy atom. The third-order valence-corrected chi connectivity index (χ3v) is 2.89. The summed E-state index contributed by atoms with van der Waals surface area (Å²) in [6.45, 7) is 2.03. The molecule has 0 unspecified atom stereocenters. The molecule has 1 aromatic heterocycles. The minimum Gasteiger partial charge on any atom is -0.368 e. The highest BCUT2D eigenvalue weighted by molar-refractivity contribution is 5.46. The van der Waals surface area contributed by atoms with Crippen molar-refractivity contribution in [1.82, 2.24) is 14.8 Å². The van der Waals surface area contributed by atoms with E-state index < -0.39 is 0 Å². The lowest BCUT2D eigenvalue weighted by Gasteiger charge is -2.05. The topological polar surface area (TPSA) is 68.8 Å². The van der Waals surface area contributed by atoms with Gasteiger partial charge in [-0.3, -0.25) is 0 Å². The van der Waals surface area contributed by atoms with E-state index in [4.69, 9.17) is 5.73 Å². The summed E-state index contributed by atoms with van der Waals surface area (Å²) in [6.07, 6.45) is 2.39. The Balaban J connectivity index is 1.96. The van der Waals surface area contributed by atoms with Crippen LogP contribution in [0.5, 0.6) is 0 Å². The number of nitrogens with one attached hydrogen (secondary N) is 1. The molecule has 0 atom stereocenters. The van der Waals surface area contributed by atoms with Crippen molar-refractivity contribution in [3.63, 3.8) is 0 Å². The van der Waals surface area contributed by atoms with Crippen LogP contribution in [0.3, 0.4) is 0 Å². The molecular weight excluding hydrogens is 214 g/mol. The number of rotatable bonds is 3. The fourth-order valence-electron chi connectivity index (χ4n) is 1.77. The van der Waals surface area contributed by atoms with Gasteiger partial charge in [-0.25, -0.2) is 0 Å². The predicted molar refractivity (Wildman–Crippen MR) is 67.2 cm³/mol. The number of nitrogens with zero attached hydrogens (tertiary/aromatic N) is 3. The molecule has 88 valence electrons. The van der Waals surface area contributed by atoms with Crippen LogP contribution in [0.15, 0.2) is 24.3 Å². The summed E-state index contributed by atoms with van der Waals surface area (Å²) in [5, 5.41) is 7.63. The summed E-state index contributed by atoms with van der Waals surface area (Å²) < 4.78 is 1.68. The van der Waals surface area contributed by atoms with Crippen LogP contribution in [0.1, 0.15) is 18.4 Å². The van der Waals surface area contributed by atoms with E-state index in [0.29, 0.717) is 17.9 Å². The minimum atomic E-state index is 0.419. The van der Waals surface area contributed by atoms with Crippen LogP contribution in [-0.4, -0.2) is 20.8 Å². The summed E-state index contributed by atoms with van der Waals surface area (Å²) in [7, 11) is 0. The molecule has 3 N–H and O–H groups in total. The van der Waals surface area contributed by atoms with Gasteiger partial charge in [-0.15, -0.1) is 5.10 Å². The van der Waals surface area contributed by atoms with Gasteiger partial charge in [-0.1, -0.05) is 18.2 Å². The summed E-state index contributed by atoms with van der Waals surface area (Å²) in [4.78, 5) is 4.23. The molecule has 0 spiro atoms.